The minimum Gasteiger partial charge on any atom is -0.455 e. The van der Waals surface area contributed by atoms with Crippen molar-refractivity contribution < 1.29 is 17.5 Å². The Hall–Kier alpha value is -3.81. The normalized spacial score (nSPS) is 11.0. The van der Waals surface area contributed by atoms with Gasteiger partial charge in [-0.3, -0.25) is 4.72 Å². The summed E-state index contributed by atoms with van der Waals surface area (Å²) in [6, 6.07) is 17.5. The molecule has 0 bridgehead atoms. The van der Waals surface area contributed by atoms with Crippen LogP contribution in [0.1, 0.15) is 11.1 Å². The molecule has 0 aliphatic heterocycles. The molecule has 0 radical (unpaired) electrons. The van der Waals surface area contributed by atoms with E-state index in [2.05, 4.69) is 14.1 Å². The van der Waals surface area contributed by atoms with Gasteiger partial charge >= 0.3 is 0 Å². The Morgan fingerprint density at radius 3 is 2.59 bits per heavy atom. The zero-order valence-electron chi connectivity index (χ0n) is 16.6. The molecule has 0 aliphatic rings. The molecular weight excluding hydrogens is 451 g/mol. The van der Waals surface area contributed by atoms with Crippen LogP contribution in [0.4, 0.5) is 9.52 Å². The van der Waals surface area contributed by atoms with Gasteiger partial charge < -0.3 is 4.74 Å². The van der Waals surface area contributed by atoms with Crippen molar-refractivity contribution in [3.8, 4) is 28.7 Å². The monoisotopic (exact) mass is 466 g/mol. The van der Waals surface area contributed by atoms with Crippen LogP contribution in [-0.4, -0.2) is 17.8 Å². The van der Waals surface area contributed by atoms with Crippen molar-refractivity contribution in [2.24, 2.45) is 0 Å². The molecule has 0 atom stereocenters. The lowest BCUT2D eigenvalue weighted by Gasteiger charge is -2.15. The van der Waals surface area contributed by atoms with Gasteiger partial charge in [-0.05, 0) is 48.4 Å². The van der Waals surface area contributed by atoms with Crippen molar-refractivity contribution in [3.63, 3.8) is 0 Å². The predicted octanol–water partition coefficient (Wildman–Crippen LogP) is 5.12. The highest BCUT2D eigenvalue weighted by molar-refractivity contribution is 7.93. The third-order valence-electron chi connectivity index (χ3n) is 4.54. The molecule has 0 amide bonds. The number of para-hydroxylation sites is 1. The largest absolute Gasteiger partial charge is 0.455 e. The molecule has 1 N–H and O–H groups in total. The fourth-order valence-electron chi connectivity index (χ4n) is 3.00. The SMILES string of the molecule is Cc1cccc(-c2ccc(F)cc2)c1Oc1ccc(S(=O)(=O)Nc2ncns2)cc1C#N. The molecule has 1 heterocycles. The number of hydrogen-bond acceptors (Lipinski definition) is 7. The molecule has 0 saturated heterocycles. The maximum atomic E-state index is 13.4. The summed E-state index contributed by atoms with van der Waals surface area (Å²) in [7, 11) is -3.95. The van der Waals surface area contributed by atoms with Gasteiger partial charge in [-0.15, -0.1) is 0 Å². The van der Waals surface area contributed by atoms with Gasteiger partial charge in [0, 0.05) is 17.1 Å². The summed E-state index contributed by atoms with van der Waals surface area (Å²) in [6.45, 7) is 1.85. The van der Waals surface area contributed by atoms with Crippen molar-refractivity contribution in [2.75, 3.05) is 4.72 Å². The fraction of sp³-hybridized carbons (Fsp3) is 0.0455. The Balaban J connectivity index is 1.70. The number of benzene rings is 3. The van der Waals surface area contributed by atoms with Gasteiger partial charge in [-0.1, -0.05) is 30.3 Å². The topological polar surface area (TPSA) is 105 Å². The Morgan fingerprint density at radius 1 is 1.12 bits per heavy atom. The van der Waals surface area contributed by atoms with Gasteiger partial charge in [-0.2, -0.15) is 9.64 Å². The van der Waals surface area contributed by atoms with E-state index in [1.807, 2.05) is 31.2 Å². The van der Waals surface area contributed by atoms with Gasteiger partial charge in [-0.25, -0.2) is 17.8 Å². The van der Waals surface area contributed by atoms with E-state index in [0.29, 0.717) is 11.3 Å². The average Bonchev–Trinajstić information content (AvgIpc) is 3.28. The lowest BCUT2D eigenvalue weighted by atomic mass is 10.0. The Labute approximate surface area is 188 Å². The first-order valence-electron chi connectivity index (χ1n) is 9.24. The number of ether oxygens (including phenoxy) is 1. The zero-order valence-corrected chi connectivity index (χ0v) is 18.2. The first kappa shape index (κ1) is 21.4. The zero-order chi connectivity index (χ0) is 22.7. The number of sulfonamides is 1. The number of nitrogens with zero attached hydrogens (tertiary/aromatic N) is 3. The summed E-state index contributed by atoms with van der Waals surface area (Å²) < 4.78 is 50.7. The van der Waals surface area contributed by atoms with Gasteiger partial charge in [0.1, 0.15) is 29.7 Å². The van der Waals surface area contributed by atoms with E-state index < -0.39 is 10.0 Å². The standard InChI is InChI=1S/C22H15FN4O3S2/c1-14-3-2-4-19(15-5-7-17(23)8-6-15)21(14)30-20-10-9-18(11-16(20)12-24)32(28,29)27-22-25-13-26-31-22/h2-11,13H,1H3,(H,25,26,27). The lowest BCUT2D eigenvalue weighted by molar-refractivity contribution is 0.478. The number of aryl methyl sites for hydroxylation is 1. The molecule has 1 aromatic heterocycles. The summed E-state index contributed by atoms with van der Waals surface area (Å²) in [5.41, 5.74) is 2.29. The molecule has 0 saturated carbocycles. The summed E-state index contributed by atoms with van der Waals surface area (Å²) >= 11 is 0.897. The lowest BCUT2D eigenvalue weighted by Crippen LogP contribution is -2.13. The summed E-state index contributed by atoms with van der Waals surface area (Å²) in [6.07, 6.45) is 1.24. The van der Waals surface area contributed by atoms with Crippen LogP contribution in [0.3, 0.4) is 0 Å². The molecule has 0 unspecified atom stereocenters. The Kier molecular flexibility index (Phi) is 5.85. The van der Waals surface area contributed by atoms with Crippen LogP contribution in [-0.2, 0) is 10.0 Å². The Morgan fingerprint density at radius 2 is 1.91 bits per heavy atom. The molecule has 0 fully saturated rings. The minimum atomic E-state index is -3.95. The van der Waals surface area contributed by atoms with Gasteiger partial charge in [0.25, 0.3) is 10.0 Å². The van der Waals surface area contributed by atoms with Crippen LogP contribution in [0.2, 0.25) is 0 Å². The number of nitriles is 1. The third kappa shape index (κ3) is 4.44. The number of halogens is 1. The third-order valence-corrected chi connectivity index (χ3v) is 6.59. The molecule has 10 heteroatoms. The molecular formula is C22H15FN4O3S2. The van der Waals surface area contributed by atoms with Crippen LogP contribution < -0.4 is 9.46 Å². The van der Waals surface area contributed by atoms with Crippen LogP contribution in [0, 0.1) is 24.1 Å². The van der Waals surface area contributed by atoms with Crippen molar-refractivity contribution in [1.29, 1.82) is 5.26 Å². The van der Waals surface area contributed by atoms with Crippen LogP contribution in [0.5, 0.6) is 11.5 Å². The van der Waals surface area contributed by atoms with E-state index in [9.17, 15) is 18.1 Å². The maximum Gasteiger partial charge on any atom is 0.263 e. The molecule has 4 aromatic rings. The molecule has 7 nitrogen and oxygen atoms in total. The molecule has 32 heavy (non-hydrogen) atoms. The van der Waals surface area contributed by atoms with Crippen LogP contribution in [0.15, 0.2) is 71.9 Å². The first-order chi connectivity index (χ1) is 15.4. The highest BCUT2D eigenvalue weighted by atomic mass is 32.2. The van der Waals surface area contributed by atoms with Crippen molar-refractivity contribution >= 4 is 26.7 Å². The van der Waals surface area contributed by atoms with E-state index in [4.69, 9.17) is 4.74 Å². The van der Waals surface area contributed by atoms with E-state index >= 15 is 0 Å². The number of anilines is 1. The van der Waals surface area contributed by atoms with Gasteiger partial charge in [0.05, 0.1) is 10.5 Å². The average molecular weight is 467 g/mol. The van der Waals surface area contributed by atoms with Crippen LogP contribution in [0.25, 0.3) is 11.1 Å². The number of rotatable bonds is 6. The summed E-state index contributed by atoms with van der Waals surface area (Å²) in [5.74, 6) is 0.327. The van der Waals surface area contributed by atoms with E-state index in [1.54, 1.807) is 12.1 Å². The molecule has 4 rings (SSSR count). The molecule has 0 spiro atoms. The van der Waals surface area contributed by atoms with E-state index in [1.165, 1.54) is 36.7 Å². The minimum absolute atomic E-state index is 0.0402. The Bertz CT molecular complexity index is 1410. The van der Waals surface area contributed by atoms with Crippen molar-refractivity contribution in [3.05, 3.63) is 83.9 Å². The maximum absolute atomic E-state index is 13.4. The van der Waals surface area contributed by atoms with Crippen LogP contribution >= 0.6 is 11.5 Å². The summed E-state index contributed by atoms with van der Waals surface area (Å²) in [5, 5.41) is 9.74. The van der Waals surface area contributed by atoms with Gasteiger partial charge in [0.2, 0.25) is 5.13 Å². The second kappa shape index (κ2) is 8.74. The second-order valence-electron chi connectivity index (χ2n) is 6.68. The quantitative estimate of drug-likeness (QED) is 0.423. The first-order valence-corrected chi connectivity index (χ1v) is 11.5. The number of hydrogen-bond donors (Lipinski definition) is 1. The smallest absolute Gasteiger partial charge is 0.263 e. The molecule has 3 aromatic carbocycles. The second-order valence-corrected chi connectivity index (χ2v) is 9.14. The van der Waals surface area contributed by atoms with E-state index in [0.717, 1.165) is 22.7 Å². The molecule has 0 aliphatic carbocycles. The highest BCUT2D eigenvalue weighted by Crippen LogP contribution is 2.37. The molecule has 160 valence electrons. The summed E-state index contributed by atoms with van der Waals surface area (Å²) in [4.78, 5) is 3.69. The van der Waals surface area contributed by atoms with Crippen molar-refractivity contribution in [2.45, 2.75) is 11.8 Å². The van der Waals surface area contributed by atoms with E-state index in [-0.39, 0.29) is 27.2 Å². The highest BCUT2D eigenvalue weighted by Gasteiger charge is 2.19. The number of nitrogens with one attached hydrogen (secondary N) is 1. The fourth-order valence-corrected chi connectivity index (χ4v) is 4.69. The predicted molar refractivity (Wildman–Crippen MR) is 119 cm³/mol. The number of aromatic nitrogens is 2. The van der Waals surface area contributed by atoms with Crippen molar-refractivity contribution in [1.82, 2.24) is 9.36 Å². The van der Waals surface area contributed by atoms with Gasteiger partial charge in [0.15, 0.2) is 0 Å².